The molecule has 0 spiro atoms. The minimum Gasteiger partial charge on any atom is -0.349 e. The van der Waals surface area contributed by atoms with Crippen molar-refractivity contribution < 1.29 is 9.59 Å². The third-order valence-electron chi connectivity index (χ3n) is 7.87. The summed E-state index contributed by atoms with van der Waals surface area (Å²) in [5.74, 6) is 2.53. The zero-order chi connectivity index (χ0) is 24.7. The summed E-state index contributed by atoms with van der Waals surface area (Å²) in [6.45, 7) is 12.4. The normalized spacial score (nSPS) is 29.6. The zero-order valence-corrected chi connectivity index (χ0v) is 22.4. The number of halogens is 1. The van der Waals surface area contributed by atoms with Crippen LogP contribution >= 0.6 is 11.6 Å². The second-order valence-corrected chi connectivity index (χ2v) is 12.0. The Kier molecular flexibility index (Phi) is 9.99. The van der Waals surface area contributed by atoms with E-state index in [4.69, 9.17) is 11.6 Å². The number of benzene rings is 1. The minimum absolute atomic E-state index is 0.0395. The molecule has 0 aromatic heterocycles. The number of piperazine rings is 1. The Hall–Kier alpha value is -1.43. The maximum Gasteiger partial charge on any atom is 0.220 e. The molecule has 3 aliphatic rings. The highest BCUT2D eigenvalue weighted by atomic mass is 35.5. The van der Waals surface area contributed by atoms with E-state index in [0.29, 0.717) is 6.42 Å². The van der Waals surface area contributed by atoms with Gasteiger partial charge in [-0.1, -0.05) is 37.6 Å². The molecule has 5 nitrogen and oxygen atoms in total. The molecule has 2 saturated carbocycles. The van der Waals surface area contributed by atoms with Crippen molar-refractivity contribution in [2.75, 3.05) is 39.8 Å². The van der Waals surface area contributed by atoms with E-state index >= 15 is 0 Å². The van der Waals surface area contributed by atoms with Crippen LogP contribution < -0.4 is 5.32 Å². The molecule has 0 radical (unpaired) electrons. The Morgan fingerprint density at radius 1 is 1.15 bits per heavy atom. The minimum atomic E-state index is 0.0395. The van der Waals surface area contributed by atoms with Gasteiger partial charge in [-0.15, -0.1) is 0 Å². The SMILES string of the molecule is CC1CC2CC(C1)CC(C)(CC(=O)NCC=O)C2.Cc1ccc(CN2CCN(C)CC2)c(Cl)c1. The van der Waals surface area contributed by atoms with Crippen molar-refractivity contribution in [2.24, 2.45) is 23.2 Å². The van der Waals surface area contributed by atoms with E-state index in [9.17, 15) is 9.59 Å². The summed E-state index contributed by atoms with van der Waals surface area (Å²) in [6.07, 6.45) is 7.74. The molecule has 1 aliphatic heterocycles. The summed E-state index contributed by atoms with van der Waals surface area (Å²) in [4.78, 5) is 26.9. The number of amides is 1. The summed E-state index contributed by atoms with van der Waals surface area (Å²) in [5, 5.41) is 3.57. The van der Waals surface area contributed by atoms with E-state index in [0.717, 1.165) is 61.8 Å². The van der Waals surface area contributed by atoms with E-state index in [1.165, 1.54) is 43.2 Å². The van der Waals surface area contributed by atoms with Gasteiger partial charge < -0.3 is 15.0 Å². The first-order chi connectivity index (χ1) is 16.2. The van der Waals surface area contributed by atoms with E-state index in [1.54, 1.807) is 0 Å². The van der Waals surface area contributed by atoms with Crippen LogP contribution in [-0.2, 0) is 16.1 Å². The van der Waals surface area contributed by atoms with Crippen LogP contribution in [0.2, 0.25) is 5.02 Å². The average molecular weight is 490 g/mol. The van der Waals surface area contributed by atoms with Gasteiger partial charge in [-0.25, -0.2) is 0 Å². The largest absolute Gasteiger partial charge is 0.349 e. The summed E-state index contributed by atoms with van der Waals surface area (Å²) in [7, 11) is 2.18. The van der Waals surface area contributed by atoms with Gasteiger partial charge in [0.1, 0.15) is 6.29 Å². The molecule has 2 atom stereocenters. The van der Waals surface area contributed by atoms with Gasteiger partial charge in [0.25, 0.3) is 0 Å². The van der Waals surface area contributed by atoms with Crippen LogP contribution in [-0.4, -0.2) is 61.8 Å². The Bertz CT molecular complexity index is 804. The molecule has 4 rings (SSSR count). The fourth-order valence-corrected chi connectivity index (χ4v) is 6.78. The molecular weight excluding hydrogens is 446 g/mol. The molecule has 1 aromatic carbocycles. The molecule has 2 unspecified atom stereocenters. The average Bonchev–Trinajstić information content (AvgIpc) is 2.75. The number of rotatable bonds is 6. The Labute approximate surface area is 211 Å². The van der Waals surface area contributed by atoms with Crippen molar-refractivity contribution in [3.8, 4) is 0 Å². The number of hydrogen-bond acceptors (Lipinski definition) is 4. The second-order valence-electron chi connectivity index (χ2n) is 11.6. The van der Waals surface area contributed by atoms with Crippen molar-refractivity contribution >= 4 is 23.8 Å². The van der Waals surface area contributed by atoms with Gasteiger partial charge in [-0.2, -0.15) is 0 Å². The van der Waals surface area contributed by atoms with Gasteiger partial charge in [0.05, 0.1) is 6.54 Å². The third-order valence-corrected chi connectivity index (χ3v) is 8.22. The number of nitrogens with zero attached hydrogens (tertiary/aromatic N) is 2. The zero-order valence-electron chi connectivity index (χ0n) is 21.6. The molecule has 1 aromatic rings. The number of carbonyl (C=O) groups excluding carboxylic acids is 2. The number of aldehydes is 1. The van der Waals surface area contributed by atoms with E-state index in [-0.39, 0.29) is 17.9 Å². The van der Waals surface area contributed by atoms with Gasteiger partial charge in [0, 0.05) is 44.2 Å². The first-order valence-electron chi connectivity index (χ1n) is 13.0. The Balaban J connectivity index is 0.000000192. The molecule has 2 aliphatic carbocycles. The first-order valence-corrected chi connectivity index (χ1v) is 13.4. The Morgan fingerprint density at radius 2 is 1.79 bits per heavy atom. The molecule has 1 heterocycles. The van der Waals surface area contributed by atoms with Gasteiger partial charge >= 0.3 is 0 Å². The van der Waals surface area contributed by atoms with E-state index < -0.39 is 0 Å². The van der Waals surface area contributed by atoms with E-state index in [1.807, 2.05) is 6.07 Å². The van der Waals surface area contributed by atoms with Crippen molar-refractivity contribution in [3.63, 3.8) is 0 Å². The highest BCUT2D eigenvalue weighted by Crippen LogP contribution is 2.51. The maximum atomic E-state index is 11.8. The van der Waals surface area contributed by atoms with Crippen LogP contribution in [0.3, 0.4) is 0 Å². The molecule has 190 valence electrons. The van der Waals surface area contributed by atoms with Gasteiger partial charge in [0.15, 0.2) is 0 Å². The Morgan fingerprint density at radius 3 is 2.38 bits per heavy atom. The number of nitrogens with one attached hydrogen (secondary N) is 1. The van der Waals surface area contributed by atoms with Gasteiger partial charge in [0.2, 0.25) is 5.91 Å². The van der Waals surface area contributed by atoms with Crippen LogP contribution in [0.25, 0.3) is 0 Å². The molecule has 1 amide bonds. The molecule has 2 bridgehead atoms. The monoisotopic (exact) mass is 489 g/mol. The lowest BCUT2D eigenvalue weighted by Crippen LogP contribution is -2.43. The number of fused-ring (bicyclic) bond motifs is 2. The second kappa shape index (κ2) is 12.5. The number of likely N-dealkylation sites (N-methyl/N-ethyl adjacent to an activating group) is 1. The number of aryl methyl sites for hydroxylation is 1. The van der Waals surface area contributed by atoms with Crippen LogP contribution in [0.5, 0.6) is 0 Å². The van der Waals surface area contributed by atoms with E-state index in [2.05, 4.69) is 55.1 Å². The third kappa shape index (κ3) is 8.35. The van der Waals surface area contributed by atoms with Gasteiger partial charge in [-0.3, -0.25) is 9.69 Å². The van der Waals surface area contributed by atoms with Crippen molar-refractivity contribution in [1.29, 1.82) is 0 Å². The highest BCUT2D eigenvalue weighted by molar-refractivity contribution is 6.31. The lowest BCUT2D eigenvalue weighted by atomic mass is 9.58. The van der Waals surface area contributed by atoms with Crippen LogP contribution in [0.15, 0.2) is 18.2 Å². The predicted molar refractivity (Wildman–Crippen MR) is 140 cm³/mol. The lowest BCUT2D eigenvalue weighted by molar-refractivity contribution is -0.125. The molecule has 34 heavy (non-hydrogen) atoms. The highest BCUT2D eigenvalue weighted by Gasteiger charge is 2.41. The molecule has 3 fully saturated rings. The van der Waals surface area contributed by atoms with Crippen LogP contribution in [0, 0.1) is 30.1 Å². The van der Waals surface area contributed by atoms with Crippen molar-refractivity contribution in [1.82, 2.24) is 15.1 Å². The quantitative estimate of drug-likeness (QED) is 0.575. The summed E-state index contributed by atoms with van der Waals surface area (Å²) in [6, 6.07) is 6.33. The van der Waals surface area contributed by atoms with Crippen LogP contribution in [0.1, 0.15) is 63.5 Å². The first kappa shape index (κ1) is 27.2. The van der Waals surface area contributed by atoms with Crippen LogP contribution in [0.4, 0.5) is 0 Å². The molecule has 1 saturated heterocycles. The van der Waals surface area contributed by atoms with Crippen molar-refractivity contribution in [3.05, 3.63) is 34.3 Å². The van der Waals surface area contributed by atoms with Crippen molar-refractivity contribution in [2.45, 2.75) is 65.8 Å². The van der Waals surface area contributed by atoms with Gasteiger partial charge in [-0.05, 0) is 86.4 Å². The smallest absolute Gasteiger partial charge is 0.220 e. The lowest BCUT2D eigenvalue weighted by Gasteiger charge is -2.47. The summed E-state index contributed by atoms with van der Waals surface area (Å²) < 4.78 is 0. The molecular formula is C28H44ClN3O2. The molecule has 1 N–H and O–H groups in total. The summed E-state index contributed by atoms with van der Waals surface area (Å²) >= 11 is 6.24. The number of hydrogen-bond donors (Lipinski definition) is 1. The fraction of sp³-hybridized carbons (Fsp3) is 0.714. The predicted octanol–water partition coefficient (Wildman–Crippen LogP) is 4.94. The summed E-state index contributed by atoms with van der Waals surface area (Å²) in [5.41, 5.74) is 2.63. The standard InChI is InChI=1S/C15H25NO2.C13H19ClN2/c1-11-5-12-7-13(6-11)9-15(2,8-12)10-14(18)16-3-4-17;1-11-3-4-12(13(14)9-11)10-16-7-5-15(2)6-8-16/h4,11-13H,3,5-10H2,1-2H3,(H,16,18);3-4,9H,5-8,10H2,1-2H3. The fourth-order valence-electron chi connectivity index (χ4n) is 6.49. The molecule has 6 heteroatoms. The maximum absolute atomic E-state index is 11.8. The topological polar surface area (TPSA) is 52.7 Å². The number of carbonyl (C=O) groups is 2.